The Morgan fingerprint density at radius 1 is 1.10 bits per heavy atom. The standard InChI is InChI=1S/C25H24N2O3S/c1-4-30-25(29)20-7-5-17(6-8-20)13-27-15-26-23-22(24(27)28)21(14-31-23)19-11-9-18(10-12-19)16(2)3/h5-12,14-16H,4,13H2,1-3H3. The molecule has 0 fully saturated rings. The van der Waals surface area contributed by atoms with Crippen LogP contribution in [0.1, 0.15) is 48.2 Å². The van der Waals surface area contributed by atoms with E-state index in [1.807, 2.05) is 17.5 Å². The van der Waals surface area contributed by atoms with Gasteiger partial charge in [-0.3, -0.25) is 9.36 Å². The van der Waals surface area contributed by atoms with Crippen molar-refractivity contribution in [1.82, 2.24) is 9.55 Å². The van der Waals surface area contributed by atoms with Gasteiger partial charge in [-0.1, -0.05) is 50.2 Å². The van der Waals surface area contributed by atoms with E-state index in [9.17, 15) is 9.59 Å². The van der Waals surface area contributed by atoms with Crippen LogP contribution in [0.2, 0.25) is 0 Å². The Labute approximate surface area is 185 Å². The fourth-order valence-corrected chi connectivity index (χ4v) is 4.40. The molecular weight excluding hydrogens is 408 g/mol. The first kappa shape index (κ1) is 21.0. The zero-order chi connectivity index (χ0) is 22.0. The van der Waals surface area contributed by atoms with Crippen LogP contribution < -0.4 is 5.56 Å². The number of carbonyl (C=O) groups is 1. The van der Waals surface area contributed by atoms with Crippen molar-refractivity contribution in [3.05, 3.63) is 87.3 Å². The van der Waals surface area contributed by atoms with Gasteiger partial charge < -0.3 is 4.74 Å². The fraction of sp³-hybridized carbons (Fsp3) is 0.240. The monoisotopic (exact) mass is 432 g/mol. The number of ether oxygens (including phenoxy) is 1. The van der Waals surface area contributed by atoms with E-state index in [-0.39, 0.29) is 11.5 Å². The van der Waals surface area contributed by atoms with Gasteiger partial charge in [0.15, 0.2) is 0 Å². The summed E-state index contributed by atoms with van der Waals surface area (Å²) in [5, 5.41) is 2.65. The lowest BCUT2D eigenvalue weighted by atomic mass is 9.99. The summed E-state index contributed by atoms with van der Waals surface area (Å²) in [7, 11) is 0. The average Bonchev–Trinajstić information content (AvgIpc) is 3.21. The third kappa shape index (κ3) is 4.30. The molecule has 2 aromatic carbocycles. The van der Waals surface area contributed by atoms with E-state index < -0.39 is 0 Å². The summed E-state index contributed by atoms with van der Waals surface area (Å²) in [6, 6.07) is 15.5. The number of benzene rings is 2. The molecule has 158 valence electrons. The van der Waals surface area contributed by atoms with Crippen LogP contribution in [-0.4, -0.2) is 22.1 Å². The second kappa shape index (κ2) is 8.86. The number of aromatic nitrogens is 2. The number of thiophene rings is 1. The SMILES string of the molecule is CCOC(=O)c1ccc(Cn2cnc3scc(-c4ccc(C(C)C)cc4)c3c2=O)cc1. The van der Waals surface area contributed by atoms with Gasteiger partial charge in [0, 0.05) is 10.9 Å². The summed E-state index contributed by atoms with van der Waals surface area (Å²) in [5.41, 5.74) is 4.55. The minimum Gasteiger partial charge on any atom is -0.462 e. The maximum Gasteiger partial charge on any atom is 0.338 e. The van der Waals surface area contributed by atoms with Crippen LogP contribution in [0.3, 0.4) is 0 Å². The van der Waals surface area contributed by atoms with E-state index in [0.29, 0.717) is 30.0 Å². The van der Waals surface area contributed by atoms with Crippen molar-refractivity contribution in [1.29, 1.82) is 0 Å². The molecule has 31 heavy (non-hydrogen) atoms. The first-order valence-electron chi connectivity index (χ1n) is 10.3. The normalized spacial score (nSPS) is 11.2. The largest absolute Gasteiger partial charge is 0.462 e. The quantitative estimate of drug-likeness (QED) is 0.379. The van der Waals surface area contributed by atoms with E-state index in [1.165, 1.54) is 16.9 Å². The van der Waals surface area contributed by atoms with Gasteiger partial charge >= 0.3 is 5.97 Å². The number of carbonyl (C=O) groups excluding carboxylic acids is 1. The van der Waals surface area contributed by atoms with Crippen molar-refractivity contribution in [3.63, 3.8) is 0 Å². The smallest absolute Gasteiger partial charge is 0.338 e. The van der Waals surface area contributed by atoms with Gasteiger partial charge in [-0.15, -0.1) is 11.3 Å². The van der Waals surface area contributed by atoms with Crippen molar-refractivity contribution in [2.45, 2.75) is 33.2 Å². The predicted octanol–water partition coefficient (Wildman–Crippen LogP) is 5.47. The van der Waals surface area contributed by atoms with Gasteiger partial charge in [0.1, 0.15) is 4.83 Å². The van der Waals surface area contributed by atoms with E-state index in [2.05, 4.69) is 43.1 Å². The number of hydrogen-bond donors (Lipinski definition) is 0. The van der Waals surface area contributed by atoms with Gasteiger partial charge in [-0.2, -0.15) is 0 Å². The second-order valence-corrected chi connectivity index (χ2v) is 8.56. The van der Waals surface area contributed by atoms with E-state index >= 15 is 0 Å². The van der Waals surface area contributed by atoms with Crippen LogP contribution in [0.5, 0.6) is 0 Å². The molecular formula is C25H24N2O3S. The van der Waals surface area contributed by atoms with Gasteiger partial charge in [0.25, 0.3) is 5.56 Å². The molecule has 5 nitrogen and oxygen atoms in total. The molecule has 0 amide bonds. The molecule has 0 aliphatic carbocycles. The van der Waals surface area contributed by atoms with Gasteiger partial charge in [-0.25, -0.2) is 9.78 Å². The highest BCUT2D eigenvalue weighted by molar-refractivity contribution is 7.17. The summed E-state index contributed by atoms with van der Waals surface area (Å²) in [6.45, 7) is 6.82. The van der Waals surface area contributed by atoms with Crippen molar-refractivity contribution >= 4 is 27.5 Å². The van der Waals surface area contributed by atoms with Crippen molar-refractivity contribution < 1.29 is 9.53 Å². The second-order valence-electron chi connectivity index (χ2n) is 7.70. The molecule has 0 bridgehead atoms. The van der Waals surface area contributed by atoms with Crippen molar-refractivity contribution in [2.75, 3.05) is 6.61 Å². The topological polar surface area (TPSA) is 61.2 Å². The number of rotatable bonds is 6. The predicted molar refractivity (Wildman–Crippen MR) is 125 cm³/mol. The molecule has 0 atom stereocenters. The molecule has 0 unspecified atom stereocenters. The molecule has 2 aromatic heterocycles. The molecule has 2 heterocycles. The first-order chi connectivity index (χ1) is 15.0. The summed E-state index contributed by atoms with van der Waals surface area (Å²) >= 11 is 1.48. The van der Waals surface area contributed by atoms with Gasteiger partial charge in [0.2, 0.25) is 0 Å². The zero-order valence-corrected chi connectivity index (χ0v) is 18.6. The van der Waals surface area contributed by atoms with E-state index in [0.717, 1.165) is 21.5 Å². The van der Waals surface area contributed by atoms with Crippen LogP contribution in [0.15, 0.2) is 65.0 Å². The highest BCUT2D eigenvalue weighted by Crippen LogP contribution is 2.31. The Kier molecular flexibility index (Phi) is 6.00. The van der Waals surface area contributed by atoms with Crippen LogP contribution >= 0.6 is 11.3 Å². The minimum absolute atomic E-state index is 0.0661. The van der Waals surface area contributed by atoms with Crippen LogP contribution in [0.4, 0.5) is 0 Å². The lowest BCUT2D eigenvalue weighted by Crippen LogP contribution is -2.21. The Morgan fingerprint density at radius 2 is 1.81 bits per heavy atom. The molecule has 0 N–H and O–H groups in total. The number of hydrogen-bond acceptors (Lipinski definition) is 5. The lowest BCUT2D eigenvalue weighted by molar-refractivity contribution is 0.0526. The highest BCUT2D eigenvalue weighted by Gasteiger charge is 2.14. The number of esters is 1. The summed E-state index contributed by atoms with van der Waals surface area (Å²) in [6.07, 6.45) is 1.59. The number of fused-ring (bicyclic) bond motifs is 1. The van der Waals surface area contributed by atoms with Crippen LogP contribution in [-0.2, 0) is 11.3 Å². The van der Waals surface area contributed by atoms with E-state index in [1.54, 1.807) is 30.0 Å². The maximum absolute atomic E-state index is 13.3. The van der Waals surface area contributed by atoms with Crippen molar-refractivity contribution in [2.24, 2.45) is 0 Å². The molecule has 6 heteroatoms. The third-order valence-electron chi connectivity index (χ3n) is 5.27. The molecule has 0 radical (unpaired) electrons. The summed E-state index contributed by atoms with van der Waals surface area (Å²) < 4.78 is 6.63. The molecule has 0 saturated carbocycles. The van der Waals surface area contributed by atoms with Gasteiger partial charge in [0.05, 0.1) is 30.4 Å². The molecule has 0 aliphatic heterocycles. The average molecular weight is 433 g/mol. The molecule has 0 saturated heterocycles. The minimum atomic E-state index is -0.347. The maximum atomic E-state index is 13.3. The van der Waals surface area contributed by atoms with E-state index in [4.69, 9.17) is 4.74 Å². The Bertz CT molecular complexity index is 1270. The Balaban J connectivity index is 1.66. The highest BCUT2D eigenvalue weighted by atomic mass is 32.1. The van der Waals surface area contributed by atoms with Crippen LogP contribution in [0.25, 0.3) is 21.3 Å². The lowest BCUT2D eigenvalue weighted by Gasteiger charge is -2.08. The zero-order valence-electron chi connectivity index (χ0n) is 17.8. The fourth-order valence-electron chi connectivity index (χ4n) is 3.50. The molecule has 4 rings (SSSR count). The summed E-state index contributed by atoms with van der Waals surface area (Å²) in [5.74, 6) is 0.114. The Morgan fingerprint density at radius 3 is 2.45 bits per heavy atom. The summed E-state index contributed by atoms with van der Waals surface area (Å²) in [4.78, 5) is 30.4. The van der Waals surface area contributed by atoms with Crippen LogP contribution in [0, 0.1) is 0 Å². The third-order valence-corrected chi connectivity index (χ3v) is 6.15. The first-order valence-corrected chi connectivity index (χ1v) is 11.2. The number of nitrogens with zero attached hydrogens (tertiary/aromatic N) is 2. The molecule has 4 aromatic rings. The molecule has 0 spiro atoms. The van der Waals surface area contributed by atoms with Crippen molar-refractivity contribution in [3.8, 4) is 11.1 Å². The Hall–Kier alpha value is -3.25. The molecule has 0 aliphatic rings. The van der Waals surface area contributed by atoms with Gasteiger partial charge in [-0.05, 0) is 41.7 Å².